The number of fused-ring (bicyclic) bond motifs is 1. The van der Waals surface area contributed by atoms with E-state index >= 15 is 0 Å². The Morgan fingerprint density at radius 3 is 2.77 bits per heavy atom. The lowest BCUT2D eigenvalue weighted by molar-refractivity contribution is -0.116. The van der Waals surface area contributed by atoms with Crippen molar-refractivity contribution in [3.8, 4) is 11.8 Å². The molecule has 0 radical (unpaired) electrons. The van der Waals surface area contributed by atoms with Gasteiger partial charge in [-0.2, -0.15) is 0 Å². The summed E-state index contributed by atoms with van der Waals surface area (Å²) in [5, 5.41) is 2.88. The Kier molecular flexibility index (Phi) is 5.72. The molecule has 0 aliphatic rings. The Bertz CT molecular complexity index is 1290. The van der Waals surface area contributed by atoms with Crippen LogP contribution in [0.4, 0.5) is 5.69 Å². The van der Waals surface area contributed by atoms with E-state index in [1.807, 2.05) is 60.7 Å². The summed E-state index contributed by atoms with van der Waals surface area (Å²) in [7, 11) is 0. The maximum absolute atomic E-state index is 12.3. The van der Waals surface area contributed by atoms with Gasteiger partial charge in [0.2, 0.25) is 5.91 Å². The molecule has 2 aromatic heterocycles. The molecule has 0 atom stereocenters. The van der Waals surface area contributed by atoms with E-state index < -0.39 is 5.76 Å². The van der Waals surface area contributed by atoms with Crippen LogP contribution in [-0.2, 0) is 11.3 Å². The van der Waals surface area contributed by atoms with Crippen LogP contribution in [0.2, 0.25) is 0 Å². The van der Waals surface area contributed by atoms with Crippen molar-refractivity contribution in [1.82, 2.24) is 9.55 Å². The zero-order chi connectivity index (χ0) is 20.8. The second-order valence-corrected chi connectivity index (χ2v) is 6.68. The molecule has 4 rings (SSSR count). The number of pyridine rings is 1. The highest BCUT2D eigenvalue weighted by Crippen LogP contribution is 2.14. The van der Waals surface area contributed by atoms with Gasteiger partial charge >= 0.3 is 5.76 Å². The third-order valence-corrected chi connectivity index (χ3v) is 4.51. The number of anilines is 1. The molecular formula is C24H19N3O3. The Balaban J connectivity index is 1.35. The monoisotopic (exact) mass is 397 g/mol. The molecule has 0 bridgehead atoms. The Morgan fingerprint density at radius 2 is 1.90 bits per heavy atom. The fourth-order valence-corrected chi connectivity index (χ4v) is 3.09. The first kappa shape index (κ1) is 19.2. The third-order valence-electron chi connectivity index (χ3n) is 4.51. The second kappa shape index (κ2) is 8.93. The highest BCUT2D eigenvalue weighted by atomic mass is 16.4. The van der Waals surface area contributed by atoms with E-state index in [1.54, 1.807) is 16.8 Å². The van der Waals surface area contributed by atoms with Crippen molar-refractivity contribution in [2.24, 2.45) is 0 Å². The SMILES string of the molecule is O=C(CCCn1c(=O)oc2ccccc21)Nc1cccc(C#Cc2ccccn2)c1. The van der Waals surface area contributed by atoms with Crippen LogP contribution >= 0.6 is 0 Å². The standard InChI is InChI=1S/C24H19N3O3/c28-23(12-6-16-27-21-10-1-2-11-22(21)30-24(27)29)26-20-9-5-7-18(17-20)13-14-19-8-3-4-15-25-19/h1-5,7-11,15,17H,6,12,16H2,(H,26,28). The summed E-state index contributed by atoms with van der Waals surface area (Å²) < 4.78 is 6.76. The van der Waals surface area contributed by atoms with Crippen LogP contribution in [0.1, 0.15) is 24.1 Å². The summed E-state index contributed by atoms with van der Waals surface area (Å²) in [4.78, 5) is 28.5. The highest BCUT2D eigenvalue weighted by molar-refractivity contribution is 5.90. The Labute approximate surface area is 173 Å². The van der Waals surface area contributed by atoms with Gasteiger partial charge in [0.1, 0.15) is 5.69 Å². The number of amides is 1. The number of nitrogens with one attached hydrogen (secondary N) is 1. The molecule has 4 aromatic rings. The average Bonchev–Trinajstić information content (AvgIpc) is 3.08. The second-order valence-electron chi connectivity index (χ2n) is 6.68. The van der Waals surface area contributed by atoms with Gasteiger partial charge in [-0.25, -0.2) is 9.78 Å². The van der Waals surface area contributed by atoms with Crippen molar-refractivity contribution in [2.75, 3.05) is 5.32 Å². The first-order valence-electron chi connectivity index (χ1n) is 9.60. The van der Waals surface area contributed by atoms with Gasteiger partial charge in [-0.1, -0.05) is 30.2 Å². The molecule has 30 heavy (non-hydrogen) atoms. The quantitative estimate of drug-likeness (QED) is 0.520. The number of rotatable bonds is 5. The first-order chi connectivity index (χ1) is 14.7. The number of benzene rings is 2. The van der Waals surface area contributed by atoms with E-state index in [9.17, 15) is 9.59 Å². The molecule has 0 aliphatic carbocycles. The van der Waals surface area contributed by atoms with Gasteiger partial charge in [-0.05, 0) is 54.8 Å². The smallest absolute Gasteiger partial charge is 0.408 e. The van der Waals surface area contributed by atoms with Gasteiger partial charge < -0.3 is 9.73 Å². The van der Waals surface area contributed by atoms with Gasteiger partial charge in [-0.15, -0.1) is 0 Å². The molecule has 2 aromatic carbocycles. The van der Waals surface area contributed by atoms with E-state index in [2.05, 4.69) is 22.1 Å². The van der Waals surface area contributed by atoms with Gasteiger partial charge in [0.25, 0.3) is 0 Å². The van der Waals surface area contributed by atoms with Crippen LogP contribution in [-0.4, -0.2) is 15.5 Å². The largest absolute Gasteiger partial charge is 0.419 e. The summed E-state index contributed by atoms with van der Waals surface area (Å²) in [6.07, 6.45) is 2.51. The molecular weight excluding hydrogens is 378 g/mol. The maximum atomic E-state index is 12.3. The molecule has 6 heteroatoms. The van der Waals surface area contributed by atoms with Crippen molar-refractivity contribution >= 4 is 22.7 Å². The summed E-state index contributed by atoms with van der Waals surface area (Å²) in [5.41, 5.74) is 3.44. The minimum absolute atomic E-state index is 0.120. The van der Waals surface area contributed by atoms with Crippen LogP contribution in [0.5, 0.6) is 0 Å². The molecule has 1 N–H and O–H groups in total. The average molecular weight is 397 g/mol. The van der Waals surface area contributed by atoms with Crippen molar-refractivity contribution in [3.63, 3.8) is 0 Å². The highest BCUT2D eigenvalue weighted by Gasteiger charge is 2.09. The number of nitrogens with zero attached hydrogens (tertiary/aromatic N) is 2. The number of hydrogen-bond donors (Lipinski definition) is 1. The van der Waals surface area contributed by atoms with Crippen LogP contribution in [0.3, 0.4) is 0 Å². The normalized spacial score (nSPS) is 10.4. The fourth-order valence-electron chi connectivity index (χ4n) is 3.09. The molecule has 0 spiro atoms. The lowest BCUT2D eigenvalue weighted by Crippen LogP contribution is -2.17. The Morgan fingerprint density at radius 1 is 1.03 bits per heavy atom. The number of oxazole rings is 1. The van der Waals surface area contributed by atoms with E-state index in [1.165, 1.54) is 0 Å². The number of aromatic nitrogens is 2. The van der Waals surface area contributed by atoms with E-state index in [4.69, 9.17) is 4.42 Å². The third kappa shape index (κ3) is 4.65. The van der Waals surface area contributed by atoms with Crippen molar-refractivity contribution in [2.45, 2.75) is 19.4 Å². The van der Waals surface area contributed by atoms with Crippen molar-refractivity contribution in [3.05, 3.63) is 94.7 Å². The predicted octanol–water partition coefficient (Wildman–Crippen LogP) is 3.81. The maximum Gasteiger partial charge on any atom is 0.419 e. The summed E-state index contributed by atoms with van der Waals surface area (Å²) in [6, 6.07) is 20.2. The summed E-state index contributed by atoms with van der Waals surface area (Å²) in [6.45, 7) is 0.416. The lowest BCUT2D eigenvalue weighted by atomic mass is 10.2. The van der Waals surface area contributed by atoms with Gasteiger partial charge in [0.15, 0.2) is 5.58 Å². The number of para-hydroxylation sites is 2. The van der Waals surface area contributed by atoms with E-state index in [0.717, 1.165) is 11.1 Å². The van der Waals surface area contributed by atoms with Crippen LogP contribution in [0.25, 0.3) is 11.1 Å². The number of carbonyl (C=O) groups excluding carboxylic acids is 1. The molecule has 2 heterocycles. The van der Waals surface area contributed by atoms with Crippen LogP contribution in [0.15, 0.2) is 82.1 Å². The van der Waals surface area contributed by atoms with Gasteiger partial charge in [-0.3, -0.25) is 9.36 Å². The zero-order valence-electron chi connectivity index (χ0n) is 16.2. The zero-order valence-corrected chi connectivity index (χ0v) is 16.2. The van der Waals surface area contributed by atoms with E-state index in [-0.39, 0.29) is 12.3 Å². The van der Waals surface area contributed by atoms with Gasteiger partial charge in [0.05, 0.1) is 5.52 Å². The predicted molar refractivity (Wildman–Crippen MR) is 115 cm³/mol. The number of carbonyl (C=O) groups is 1. The van der Waals surface area contributed by atoms with Crippen molar-refractivity contribution < 1.29 is 9.21 Å². The first-order valence-corrected chi connectivity index (χ1v) is 9.60. The Hall–Kier alpha value is -4.11. The summed E-state index contributed by atoms with van der Waals surface area (Å²) in [5.74, 6) is 5.52. The molecule has 0 aliphatic heterocycles. The fraction of sp³-hybridized carbons (Fsp3) is 0.125. The topological polar surface area (TPSA) is 77.1 Å². The molecule has 6 nitrogen and oxygen atoms in total. The summed E-state index contributed by atoms with van der Waals surface area (Å²) >= 11 is 0. The minimum Gasteiger partial charge on any atom is -0.408 e. The molecule has 0 fully saturated rings. The van der Waals surface area contributed by atoms with Gasteiger partial charge in [0, 0.05) is 30.4 Å². The van der Waals surface area contributed by atoms with E-state index in [0.29, 0.717) is 29.9 Å². The molecule has 0 saturated heterocycles. The number of aryl methyl sites for hydroxylation is 1. The lowest BCUT2D eigenvalue weighted by Gasteiger charge is -2.06. The molecule has 148 valence electrons. The minimum atomic E-state index is -0.407. The van der Waals surface area contributed by atoms with Crippen LogP contribution in [0, 0.1) is 11.8 Å². The van der Waals surface area contributed by atoms with Crippen molar-refractivity contribution in [1.29, 1.82) is 0 Å². The molecule has 0 unspecified atom stereocenters. The van der Waals surface area contributed by atoms with Crippen LogP contribution < -0.4 is 11.1 Å². The number of hydrogen-bond acceptors (Lipinski definition) is 4. The molecule has 1 amide bonds. The molecule has 0 saturated carbocycles.